The van der Waals surface area contributed by atoms with E-state index in [4.69, 9.17) is 9.97 Å². The Kier molecular flexibility index (Phi) is 9.04. The molecule has 0 bridgehead atoms. The summed E-state index contributed by atoms with van der Waals surface area (Å²) >= 11 is 0. The first-order valence-electron chi connectivity index (χ1n) is 24.7. The Bertz CT molecular complexity index is 3800. The Morgan fingerprint density at radius 2 is 1.11 bits per heavy atom. The molecule has 10 aromatic rings. The van der Waals surface area contributed by atoms with Gasteiger partial charge < -0.3 is 4.57 Å². The van der Waals surface area contributed by atoms with Gasteiger partial charge in [-0.05, 0) is 104 Å². The number of para-hydroxylation sites is 2. The fourth-order valence-corrected chi connectivity index (χ4v) is 12.9. The third-order valence-corrected chi connectivity index (χ3v) is 16.1. The van der Waals surface area contributed by atoms with E-state index < -0.39 is 5.41 Å². The number of nitrogens with zero attached hydrogens (tertiary/aromatic N) is 3. The van der Waals surface area contributed by atoms with Crippen molar-refractivity contribution in [1.82, 2.24) is 14.5 Å². The summed E-state index contributed by atoms with van der Waals surface area (Å²) in [4.78, 5) is 10.5. The lowest BCUT2D eigenvalue weighted by Gasteiger charge is -2.41. The third-order valence-electron chi connectivity index (χ3n) is 16.1. The summed E-state index contributed by atoms with van der Waals surface area (Å²) < 4.78 is 2.43. The van der Waals surface area contributed by atoms with Crippen molar-refractivity contribution < 1.29 is 0 Å². The predicted molar refractivity (Wildman–Crippen MR) is 289 cm³/mol. The van der Waals surface area contributed by atoms with Gasteiger partial charge in [0.25, 0.3) is 0 Å². The molecule has 4 aliphatic rings. The van der Waals surface area contributed by atoms with Crippen molar-refractivity contribution in [2.45, 2.75) is 30.6 Å². The van der Waals surface area contributed by atoms with Crippen LogP contribution in [0.15, 0.2) is 243 Å². The van der Waals surface area contributed by atoms with Gasteiger partial charge in [0.15, 0.2) is 5.82 Å². The monoisotopic (exact) mass is 895 g/mol. The van der Waals surface area contributed by atoms with Gasteiger partial charge in [-0.1, -0.05) is 214 Å². The maximum absolute atomic E-state index is 5.26. The molecule has 3 nitrogen and oxygen atoms in total. The van der Waals surface area contributed by atoms with Crippen LogP contribution in [-0.4, -0.2) is 14.5 Å². The second-order valence-corrected chi connectivity index (χ2v) is 19.9. The molecule has 3 heteroatoms. The molecule has 2 heterocycles. The second-order valence-electron chi connectivity index (χ2n) is 19.9. The molecule has 0 saturated carbocycles. The van der Waals surface area contributed by atoms with Crippen molar-refractivity contribution in [3.8, 4) is 50.6 Å². The summed E-state index contributed by atoms with van der Waals surface area (Å²) in [5.74, 6) is 1.34. The summed E-state index contributed by atoms with van der Waals surface area (Å²) in [6, 6.07) is 74.0. The predicted octanol–water partition coefficient (Wildman–Crippen LogP) is 16.3. The molecular weight excluding hydrogens is 847 g/mol. The van der Waals surface area contributed by atoms with Crippen molar-refractivity contribution >= 4 is 27.4 Å². The van der Waals surface area contributed by atoms with E-state index in [1.165, 1.54) is 77.5 Å². The van der Waals surface area contributed by atoms with Gasteiger partial charge in [-0.15, -0.1) is 0 Å². The van der Waals surface area contributed by atoms with Gasteiger partial charge >= 0.3 is 0 Å². The van der Waals surface area contributed by atoms with E-state index in [-0.39, 0.29) is 17.3 Å². The highest BCUT2D eigenvalue weighted by Gasteiger charge is 2.61. The van der Waals surface area contributed by atoms with Crippen molar-refractivity contribution in [3.63, 3.8) is 0 Å². The molecule has 70 heavy (non-hydrogen) atoms. The lowest BCUT2D eigenvalue weighted by molar-refractivity contribution is 0.373. The molecule has 1 spiro atoms. The number of benzene rings is 8. The minimum Gasteiger partial charge on any atom is -0.309 e. The Hall–Kier alpha value is -8.40. The molecule has 0 amide bonds. The fraction of sp³-hybridized carbons (Fsp3) is 0.104. The van der Waals surface area contributed by atoms with Gasteiger partial charge in [-0.2, -0.15) is 0 Å². The van der Waals surface area contributed by atoms with Gasteiger partial charge in [-0.3, -0.25) is 0 Å². The Balaban J connectivity index is 0.924. The second kappa shape index (κ2) is 15.6. The smallest absolute Gasteiger partial charge is 0.160 e. The molecule has 8 aromatic carbocycles. The highest BCUT2D eigenvalue weighted by Crippen LogP contribution is 2.68. The highest BCUT2D eigenvalue weighted by atomic mass is 15.0. The molecule has 0 fully saturated rings. The Morgan fingerprint density at radius 1 is 0.486 bits per heavy atom. The molecule has 4 aliphatic carbocycles. The van der Waals surface area contributed by atoms with E-state index in [9.17, 15) is 0 Å². The maximum Gasteiger partial charge on any atom is 0.160 e. The minimum absolute atomic E-state index is 0.0974. The van der Waals surface area contributed by atoms with Crippen LogP contribution < -0.4 is 0 Å². The van der Waals surface area contributed by atoms with Gasteiger partial charge in [0.2, 0.25) is 0 Å². The first-order chi connectivity index (χ1) is 34.5. The summed E-state index contributed by atoms with van der Waals surface area (Å²) in [6.45, 7) is 4.74. The topological polar surface area (TPSA) is 30.7 Å². The van der Waals surface area contributed by atoms with Gasteiger partial charge in [0.05, 0.1) is 27.8 Å². The van der Waals surface area contributed by atoms with Gasteiger partial charge in [-0.25, -0.2) is 9.97 Å². The Labute approximate surface area is 409 Å². The van der Waals surface area contributed by atoms with Crippen molar-refractivity contribution in [1.29, 1.82) is 0 Å². The zero-order valence-electron chi connectivity index (χ0n) is 39.2. The van der Waals surface area contributed by atoms with Crippen molar-refractivity contribution in [2.75, 3.05) is 0 Å². The third kappa shape index (κ3) is 5.94. The highest BCUT2D eigenvalue weighted by molar-refractivity contribution is 6.09. The van der Waals surface area contributed by atoms with Crippen molar-refractivity contribution in [3.05, 3.63) is 276 Å². The molecule has 4 atom stereocenters. The number of fused-ring (bicyclic) bond motifs is 13. The molecule has 0 radical (unpaired) electrons. The molecule has 14 rings (SSSR count). The Morgan fingerprint density at radius 3 is 1.87 bits per heavy atom. The SMILES string of the molecule is CC1C=CC=CC1c1cc(-c2cccc(-c3ccc4c(c3)C3(c5ccccc5-c5ccccc53)C3C=C(c5cccc(-n6c7ccccc7c7ccccc76)c5)C=CC43C)c2)nc(-c2ccccc2)n1. The number of hydrogen-bond acceptors (Lipinski definition) is 2. The summed E-state index contributed by atoms with van der Waals surface area (Å²) in [6.07, 6.45) is 16.4. The van der Waals surface area contributed by atoms with Crippen LogP contribution in [0.25, 0.3) is 78.0 Å². The lowest BCUT2D eigenvalue weighted by atomic mass is 9.60. The van der Waals surface area contributed by atoms with Crippen LogP contribution in [0.4, 0.5) is 0 Å². The zero-order valence-corrected chi connectivity index (χ0v) is 39.2. The van der Waals surface area contributed by atoms with Crippen LogP contribution in [0.5, 0.6) is 0 Å². The van der Waals surface area contributed by atoms with E-state index >= 15 is 0 Å². The first kappa shape index (κ1) is 40.6. The van der Waals surface area contributed by atoms with Crippen LogP contribution >= 0.6 is 0 Å². The maximum atomic E-state index is 5.26. The normalized spacial score (nSPS) is 20.1. The van der Waals surface area contributed by atoms with Gasteiger partial charge in [0.1, 0.15) is 0 Å². The van der Waals surface area contributed by atoms with E-state index in [2.05, 4.69) is 255 Å². The largest absolute Gasteiger partial charge is 0.309 e. The quantitative estimate of drug-likeness (QED) is 0.166. The van der Waals surface area contributed by atoms with Gasteiger partial charge in [0, 0.05) is 44.8 Å². The number of allylic oxidation sites excluding steroid dienone is 8. The van der Waals surface area contributed by atoms with Crippen LogP contribution in [0.3, 0.4) is 0 Å². The van der Waals surface area contributed by atoms with Crippen LogP contribution in [-0.2, 0) is 10.8 Å². The van der Waals surface area contributed by atoms with Crippen LogP contribution in [0, 0.1) is 11.8 Å². The number of hydrogen-bond donors (Lipinski definition) is 0. The molecule has 0 N–H and O–H groups in total. The average molecular weight is 896 g/mol. The summed E-state index contributed by atoms with van der Waals surface area (Å²) in [5, 5.41) is 2.54. The van der Waals surface area contributed by atoms with E-state index in [0.29, 0.717) is 5.92 Å². The van der Waals surface area contributed by atoms with E-state index in [1.807, 2.05) is 6.07 Å². The number of rotatable bonds is 6. The summed E-state index contributed by atoms with van der Waals surface area (Å²) in [5.41, 5.74) is 19.9. The standard InChI is InChI=1S/C67H49N3/c1-43-18-6-7-25-51(43)61-42-60(68-65(69-61)44-19-4-3-5-20-44)49-23-16-21-45(38-49)47-34-35-58-59(40-47)67(56-30-12-8-26-52(56)53-27-9-13-31-57(53)67)64-41-48(36-37-66(58,64)2)46-22-17-24-50(39-46)70-62-32-14-10-28-54(62)55-29-11-15-33-63(55)70/h3-43,51,64H,1-2H3. The van der Waals surface area contributed by atoms with Crippen LogP contribution in [0.2, 0.25) is 0 Å². The first-order valence-corrected chi connectivity index (χ1v) is 24.7. The molecule has 4 unspecified atom stereocenters. The minimum atomic E-state index is -0.434. The molecule has 2 aromatic heterocycles. The fourth-order valence-electron chi connectivity index (χ4n) is 12.9. The molecule has 0 saturated heterocycles. The van der Waals surface area contributed by atoms with E-state index in [1.54, 1.807) is 0 Å². The summed E-state index contributed by atoms with van der Waals surface area (Å²) in [7, 11) is 0. The van der Waals surface area contributed by atoms with Crippen molar-refractivity contribution in [2.24, 2.45) is 11.8 Å². The molecular formula is C67H49N3. The zero-order chi connectivity index (χ0) is 46.6. The van der Waals surface area contributed by atoms with Crippen LogP contribution in [0.1, 0.15) is 53.3 Å². The average Bonchev–Trinajstić information content (AvgIpc) is 4.00. The molecule has 332 valence electrons. The number of aromatic nitrogens is 3. The van der Waals surface area contributed by atoms with E-state index in [0.717, 1.165) is 34.0 Å². The molecule has 0 aliphatic heterocycles. The lowest BCUT2D eigenvalue weighted by Crippen LogP contribution is -2.39.